The van der Waals surface area contributed by atoms with E-state index >= 15 is 0 Å². The average Bonchev–Trinajstić information content (AvgIpc) is 2.71. The van der Waals surface area contributed by atoms with Crippen molar-refractivity contribution in [1.82, 2.24) is 4.90 Å². The fourth-order valence-corrected chi connectivity index (χ4v) is 4.61. The van der Waals surface area contributed by atoms with Crippen LogP contribution in [0.25, 0.3) is 0 Å². The van der Waals surface area contributed by atoms with Gasteiger partial charge >= 0.3 is 0 Å². The molecule has 3 rings (SSSR count). The van der Waals surface area contributed by atoms with Crippen molar-refractivity contribution in [3.8, 4) is 0 Å². The molecule has 110 valence electrons. The quantitative estimate of drug-likeness (QED) is 0.781. The van der Waals surface area contributed by atoms with Gasteiger partial charge in [0.25, 0.3) is 0 Å². The standard InChI is InChI=1S/C16H30N2O/c17-12-13-6-2-1-3-7-14(13)18-10-11-19-16-9-5-4-8-15(16)18/h13-16H,1-12,17H2. The van der Waals surface area contributed by atoms with Crippen molar-refractivity contribution in [1.29, 1.82) is 0 Å². The Kier molecular flexibility index (Phi) is 4.78. The molecule has 3 heteroatoms. The Labute approximate surface area is 117 Å². The summed E-state index contributed by atoms with van der Waals surface area (Å²) in [5.74, 6) is 0.725. The Morgan fingerprint density at radius 3 is 2.53 bits per heavy atom. The summed E-state index contributed by atoms with van der Waals surface area (Å²) in [5, 5.41) is 0. The lowest BCUT2D eigenvalue weighted by Gasteiger charge is -2.49. The summed E-state index contributed by atoms with van der Waals surface area (Å²) in [5.41, 5.74) is 6.08. The predicted molar refractivity (Wildman–Crippen MR) is 78.1 cm³/mol. The molecule has 3 aliphatic rings. The van der Waals surface area contributed by atoms with Gasteiger partial charge in [-0.3, -0.25) is 4.90 Å². The van der Waals surface area contributed by atoms with Crippen LogP contribution in [0.2, 0.25) is 0 Å². The SMILES string of the molecule is NCC1CCCCCC1N1CCOC2CCCCC21. The fraction of sp³-hybridized carbons (Fsp3) is 1.00. The van der Waals surface area contributed by atoms with E-state index in [-0.39, 0.29) is 0 Å². The smallest absolute Gasteiger partial charge is 0.0731 e. The molecule has 0 aromatic carbocycles. The maximum absolute atomic E-state index is 6.08. The molecule has 3 nitrogen and oxygen atoms in total. The molecule has 0 aromatic rings. The van der Waals surface area contributed by atoms with Gasteiger partial charge in [0.2, 0.25) is 0 Å². The second-order valence-electron chi connectivity index (χ2n) is 6.70. The van der Waals surface area contributed by atoms with Crippen molar-refractivity contribution in [2.45, 2.75) is 76.0 Å². The average molecular weight is 266 g/mol. The molecule has 1 aliphatic heterocycles. The number of hydrogen-bond donors (Lipinski definition) is 1. The minimum absolute atomic E-state index is 0.518. The third-order valence-corrected chi connectivity index (χ3v) is 5.62. The van der Waals surface area contributed by atoms with Crippen molar-refractivity contribution in [3.05, 3.63) is 0 Å². The zero-order valence-corrected chi connectivity index (χ0v) is 12.2. The number of fused-ring (bicyclic) bond motifs is 1. The van der Waals surface area contributed by atoms with Crippen LogP contribution in [0.3, 0.4) is 0 Å². The third kappa shape index (κ3) is 2.98. The highest BCUT2D eigenvalue weighted by atomic mass is 16.5. The summed E-state index contributed by atoms with van der Waals surface area (Å²) in [4.78, 5) is 2.82. The fourth-order valence-electron chi connectivity index (χ4n) is 4.61. The summed E-state index contributed by atoms with van der Waals surface area (Å²) in [7, 11) is 0. The molecule has 2 aliphatic carbocycles. The van der Waals surface area contributed by atoms with E-state index in [0.717, 1.165) is 31.7 Å². The minimum atomic E-state index is 0.518. The molecule has 2 saturated carbocycles. The maximum atomic E-state index is 6.08. The Morgan fingerprint density at radius 1 is 0.895 bits per heavy atom. The van der Waals surface area contributed by atoms with Gasteiger partial charge in [0.05, 0.1) is 12.7 Å². The van der Waals surface area contributed by atoms with Crippen LogP contribution >= 0.6 is 0 Å². The van der Waals surface area contributed by atoms with Gasteiger partial charge in [-0.2, -0.15) is 0 Å². The van der Waals surface area contributed by atoms with Crippen molar-refractivity contribution < 1.29 is 4.74 Å². The Bertz CT molecular complexity index is 282. The molecule has 0 amide bonds. The highest BCUT2D eigenvalue weighted by molar-refractivity contribution is 4.93. The first-order valence-corrected chi connectivity index (χ1v) is 8.47. The van der Waals surface area contributed by atoms with Gasteiger partial charge in [-0.1, -0.05) is 32.1 Å². The number of ether oxygens (including phenoxy) is 1. The van der Waals surface area contributed by atoms with Gasteiger partial charge in [-0.15, -0.1) is 0 Å². The van der Waals surface area contributed by atoms with Crippen LogP contribution in [0.5, 0.6) is 0 Å². The van der Waals surface area contributed by atoms with E-state index in [9.17, 15) is 0 Å². The van der Waals surface area contributed by atoms with Gasteiger partial charge in [0, 0.05) is 18.6 Å². The van der Waals surface area contributed by atoms with Gasteiger partial charge in [-0.05, 0) is 38.1 Å². The Hall–Kier alpha value is -0.120. The second-order valence-corrected chi connectivity index (χ2v) is 6.70. The Morgan fingerprint density at radius 2 is 1.63 bits per heavy atom. The van der Waals surface area contributed by atoms with Crippen LogP contribution in [-0.2, 0) is 4.74 Å². The minimum Gasteiger partial charge on any atom is -0.375 e. The van der Waals surface area contributed by atoms with E-state index in [4.69, 9.17) is 10.5 Å². The van der Waals surface area contributed by atoms with E-state index in [2.05, 4.69) is 4.90 Å². The molecular formula is C16H30N2O. The molecule has 0 spiro atoms. The van der Waals surface area contributed by atoms with Crippen LogP contribution in [0.1, 0.15) is 57.8 Å². The zero-order chi connectivity index (χ0) is 13.1. The first kappa shape index (κ1) is 13.8. The number of nitrogens with two attached hydrogens (primary N) is 1. The van der Waals surface area contributed by atoms with Gasteiger partial charge in [0.15, 0.2) is 0 Å². The normalized spacial score (nSPS) is 41.5. The van der Waals surface area contributed by atoms with E-state index < -0.39 is 0 Å². The van der Waals surface area contributed by atoms with Gasteiger partial charge < -0.3 is 10.5 Å². The summed E-state index contributed by atoms with van der Waals surface area (Å²) in [6.07, 6.45) is 12.8. The largest absolute Gasteiger partial charge is 0.375 e. The molecule has 0 bridgehead atoms. The summed E-state index contributed by atoms with van der Waals surface area (Å²) >= 11 is 0. The first-order chi connectivity index (χ1) is 9.40. The highest BCUT2D eigenvalue weighted by Gasteiger charge is 2.39. The van der Waals surface area contributed by atoms with Crippen LogP contribution in [0, 0.1) is 5.92 Å². The summed E-state index contributed by atoms with van der Waals surface area (Å²) < 4.78 is 6.03. The van der Waals surface area contributed by atoms with E-state index in [1.807, 2.05) is 0 Å². The molecule has 4 atom stereocenters. The van der Waals surface area contributed by atoms with E-state index in [1.54, 1.807) is 0 Å². The lowest BCUT2D eigenvalue weighted by molar-refractivity contribution is -0.110. The molecule has 0 aromatic heterocycles. The molecule has 19 heavy (non-hydrogen) atoms. The molecule has 1 heterocycles. The van der Waals surface area contributed by atoms with Crippen LogP contribution in [-0.4, -0.2) is 42.8 Å². The third-order valence-electron chi connectivity index (χ3n) is 5.62. The lowest BCUT2D eigenvalue weighted by atomic mass is 9.85. The summed E-state index contributed by atoms with van der Waals surface area (Å²) in [6.45, 7) is 2.96. The number of nitrogens with zero attached hydrogens (tertiary/aromatic N) is 1. The molecule has 0 radical (unpaired) electrons. The summed E-state index contributed by atoms with van der Waals surface area (Å²) in [6, 6.07) is 1.43. The van der Waals surface area contributed by atoms with Crippen LogP contribution in [0.4, 0.5) is 0 Å². The first-order valence-electron chi connectivity index (χ1n) is 8.47. The van der Waals surface area contributed by atoms with Crippen molar-refractivity contribution in [2.24, 2.45) is 11.7 Å². The second kappa shape index (κ2) is 6.55. The monoisotopic (exact) mass is 266 g/mol. The van der Waals surface area contributed by atoms with Gasteiger partial charge in [0.1, 0.15) is 0 Å². The zero-order valence-electron chi connectivity index (χ0n) is 12.2. The number of rotatable bonds is 2. The van der Waals surface area contributed by atoms with Crippen molar-refractivity contribution >= 4 is 0 Å². The van der Waals surface area contributed by atoms with Crippen LogP contribution < -0.4 is 5.73 Å². The molecule has 2 N–H and O–H groups in total. The molecule has 1 saturated heterocycles. The van der Waals surface area contributed by atoms with E-state index in [0.29, 0.717) is 12.1 Å². The van der Waals surface area contributed by atoms with Gasteiger partial charge in [-0.25, -0.2) is 0 Å². The maximum Gasteiger partial charge on any atom is 0.0731 e. The Balaban J connectivity index is 1.73. The number of hydrogen-bond acceptors (Lipinski definition) is 3. The topological polar surface area (TPSA) is 38.5 Å². The van der Waals surface area contributed by atoms with Crippen molar-refractivity contribution in [3.63, 3.8) is 0 Å². The lowest BCUT2D eigenvalue weighted by Crippen LogP contribution is -2.58. The van der Waals surface area contributed by atoms with Crippen LogP contribution in [0.15, 0.2) is 0 Å². The highest BCUT2D eigenvalue weighted by Crippen LogP contribution is 2.35. The molecule has 3 fully saturated rings. The molecule has 4 unspecified atom stereocenters. The predicted octanol–water partition coefficient (Wildman–Crippen LogP) is 2.54. The van der Waals surface area contributed by atoms with Crippen molar-refractivity contribution in [2.75, 3.05) is 19.7 Å². The molecular weight excluding hydrogens is 236 g/mol. The number of morpholine rings is 1. The van der Waals surface area contributed by atoms with E-state index in [1.165, 1.54) is 57.8 Å².